The number of benzene rings is 3. The zero-order chi connectivity index (χ0) is 19.8. The highest BCUT2D eigenvalue weighted by Crippen LogP contribution is 2.30. The van der Waals surface area contributed by atoms with E-state index in [1.54, 1.807) is 18.2 Å². The minimum Gasteiger partial charge on any atom is -0.508 e. The molecule has 3 aromatic carbocycles. The van der Waals surface area contributed by atoms with Gasteiger partial charge in [-0.1, -0.05) is 54.6 Å². The fourth-order valence-corrected chi connectivity index (χ4v) is 4.08. The predicted octanol–water partition coefficient (Wildman–Crippen LogP) is 5.96. The SMILES string of the molecule is O=c1oc2cc(O)ccc2cc1-c1nc(-c2ccc(-c3ccccc3)cc2)cs1. The first-order valence-corrected chi connectivity index (χ1v) is 9.94. The van der Waals surface area contributed by atoms with Crippen molar-refractivity contribution in [3.8, 4) is 38.7 Å². The van der Waals surface area contributed by atoms with E-state index in [2.05, 4.69) is 29.2 Å². The second kappa shape index (κ2) is 7.04. The lowest BCUT2D eigenvalue weighted by Crippen LogP contribution is -2.02. The van der Waals surface area contributed by atoms with Gasteiger partial charge in [0, 0.05) is 22.4 Å². The predicted molar refractivity (Wildman–Crippen MR) is 116 cm³/mol. The molecule has 140 valence electrons. The van der Waals surface area contributed by atoms with Crippen LogP contribution in [0.25, 0.3) is 43.9 Å². The van der Waals surface area contributed by atoms with E-state index in [0.29, 0.717) is 16.2 Å². The summed E-state index contributed by atoms with van der Waals surface area (Å²) in [6.07, 6.45) is 0. The number of hydrogen-bond acceptors (Lipinski definition) is 5. The van der Waals surface area contributed by atoms with Crippen molar-refractivity contribution in [2.75, 3.05) is 0 Å². The van der Waals surface area contributed by atoms with Gasteiger partial charge in [0.2, 0.25) is 0 Å². The molecular formula is C24H15NO3S. The molecule has 1 N–H and O–H groups in total. The lowest BCUT2D eigenvalue weighted by atomic mass is 10.0. The van der Waals surface area contributed by atoms with E-state index in [0.717, 1.165) is 27.8 Å². The second-order valence-corrected chi connectivity index (χ2v) is 7.51. The zero-order valence-electron chi connectivity index (χ0n) is 15.2. The lowest BCUT2D eigenvalue weighted by molar-refractivity contribution is 0.473. The van der Waals surface area contributed by atoms with Crippen LogP contribution in [-0.2, 0) is 0 Å². The first-order valence-electron chi connectivity index (χ1n) is 9.06. The molecule has 0 bridgehead atoms. The van der Waals surface area contributed by atoms with Crippen LogP contribution >= 0.6 is 11.3 Å². The van der Waals surface area contributed by atoms with Crippen LogP contribution in [0.15, 0.2) is 93.5 Å². The maximum Gasteiger partial charge on any atom is 0.346 e. The number of hydrogen-bond donors (Lipinski definition) is 1. The van der Waals surface area contributed by atoms with E-state index in [1.165, 1.54) is 17.4 Å². The minimum absolute atomic E-state index is 0.0592. The maximum absolute atomic E-state index is 12.4. The molecule has 0 fully saturated rings. The van der Waals surface area contributed by atoms with Crippen molar-refractivity contribution >= 4 is 22.3 Å². The monoisotopic (exact) mass is 397 g/mol. The molecule has 4 nitrogen and oxygen atoms in total. The third-order valence-corrected chi connectivity index (χ3v) is 5.62. The van der Waals surface area contributed by atoms with Crippen molar-refractivity contribution in [1.29, 1.82) is 0 Å². The molecule has 5 rings (SSSR count). The summed E-state index contributed by atoms with van der Waals surface area (Å²) in [5.41, 5.74) is 4.41. The summed E-state index contributed by atoms with van der Waals surface area (Å²) in [6, 6.07) is 24.9. The molecular weight excluding hydrogens is 382 g/mol. The van der Waals surface area contributed by atoms with Gasteiger partial charge in [0.05, 0.1) is 11.3 Å². The van der Waals surface area contributed by atoms with Crippen molar-refractivity contribution < 1.29 is 9.52 Å². The van der Waals surface area contributed by atoms with E-state index < -0.39 is 5.63 Å². The van der Waals surface area contributed by atoms with Crippen molar-refractivity contribution in [2.45, 2.75) is 0 Å². The molecule has 5 aromatic rings. The molecule has 0 saturated carbocycles. The molecule has 2 heterocycles. The summed E-state index contributed by atoms with van der Waals surface area (Å²) in [5.74, 6) is 0.0592. The average Bonchev–Trinajstić information content (AvgIpc) is 3.24. The van der Waals surface area contributed by atoms with Crippen molar-refractivity contribution in [1.82, 2.24) is 4.98 Å². The number of aromatic hydroxyl groups is 1. The molecule has 0 radical (unpaired) electrons. The number of fused-ring (bicyclic) bond motifs is 1. The Hall–Kier alpha value is -3.70. The van der Waals surface area contributed by atoms with E-state index in [-0.39, 0.29) is 5.75 Å². The highest BCUT2D eigenvalue weighted by molar-refractivity contribution is 7.13. The van der Waals surface area contributed by atoms with Gasteiger partial charge in [-0.3, -0.25) is 0 Å². The maximum atomic E-state index is 12.4. The Morgan fingerprint density at radius 3 is 2.34 bits per heavy atom. The molecule has 0 saturated heterocycles. The number of thiazole rings is 1. The third-order valence-electron chi connectivity index (χ3n) is 4.74. The Labute approximate surface area is 170 Å². The highest BCUT2D eigenvalue weighted by atomic mass is 32.1. The van der Waals surface area contributed by atoms with Gasteiger partial charge in [0.25, 0.3) is 0 Å². The summed E-state index contributed by atoms with van der Waals surface area (Å²) in [6.45, 7) is 0. The summed E-state index contributed by atoms with van der Waals surface area (Å²) in [7, 11) is 0. The molecule has 0 aliphatic carbocycles. The average molecular weight is 397 g/mol. The van der Waals surface area contributed by atoms with Gasteiger partial charge in [0.1, 0.15) is 16.3 Å². The molecule has 0 unspecified atom stereocenters. The van der Waals surface area contributed by atoms with Crippen LogP contribution < -0.4 is 5.63 Å². The van der Waals surface area contributed by atoms with Crippen LogP contribution in [0.5, 0.6) is 5.75 Å². The quantitative estimate of drug-likeness (QED) is 0.382. The zero-order valence-corrected chi connectivity index (χ0v) is 16.0. The summed E-state index contributed by atoms with van der Waals surface area (Å²) >= 11 is 1.40. The van der Waals surface area contributed by atoms with Gasteiger partial charge < -0.3 is 9.52 Å². The molecule has 0 atom stereocenters. The normalized spacial score (nSPS) is 11.0. The van der Waals surface area contributed by atoms with Crippen molar-refractivity contribution in [2.24, 2.45) is 0 Å². The van der Waals surface area contributed by atoms with Crippen LogP contribution in [0, 0.1) is 0 Å². The number of phenols is 1. The molecule has 0 spiro atoms. The largest absolute Gasteiger partial charge is 0.508 e. The lowest BCUT2D eigenvalue weighted by Gasteiger charge is -2.03. The topological polar surface area (TPSA) is 63.3 Å². The second-order valence-electron chi connectivity index (χ2n) is 6.65. The first-order chi connectivity index (χ1) is 14.2. The first kappa shape index (κ1) is 17.4. The minimum atomic E-state index is -0.469. The van der Waals surface area contributed by atoms with Crippen LogP contribution in [0.1, 0.15) is 0 Å². The van der Waals surface area contributed by atoms with Crippen LogP contribution in [-0.4, -0.2) is 10.1 Å². The molecule has 0 aliphatic heterocycles. The fourth-order valence-electron chi connectivity index (χ4n) is 3.24. The highest BCUT2D eigenvalue weighted by Gasteiger charge is 2.13. The van der Waals surface area contributed by atoms with E-state index in [9.17, 15) is 9.90 Å². The van der Waals surface area contributed by atoms with Gasteiger partial charge >= 0.3 is 5.63 Å². The third kappa shape index (κ3) is 3.32. The van der Waals surface area contributed by atoms with E-state index in [1.807, 2.05) is 35.7 Å². The number of rotatable bonds is 3. The molecule has 2 aromatic heterocycles. The standard InChI is InChI=1S/C24H15NO3S/c26-19-11-10-18-12-20(24(27)28-22(18)13-19)23-25-21(14-29-23)17-8-6-16(7-9-17)15-4-2-1-3-5-15/h1-14,26H. The number of nitrogens with zero attached hydrogens (tertiary/aromatic N) is 1. The Morgan fingerprint density at radius 1 is 0.828 bits per heavy atom. The number of aromatic nitrogens is 1. The Balaban J connectivity index is 1.49. The van der Waals surface area contributed by atoms with Gasteiger partial charge in [-0.05, 0) is 29.3 Å². The van der Waals surface area contributed by atoms with Crippen molar-refractivity contribution in [3.63, 3.8) is 0 Å². The smallest absolute Gasteiger partial charge is 0.346 e. The van der Waals surface area contributed by atoms with Crippen LogP contribution in [0.4, 0.5) is 0 Å². The summed E-state index contributed by atoms with van der Waals surface area (Å²) in [5, 5.41) is 12.8. The number of phenolic OH excluding ortho intramolecular Hbond substituents is 1. The van der Waals surface area contributed by atoms with Gasteiger partial charge in [-0.15, -0.1) is 11.3 Å². The van der Waals surface area contributed by atoms with Crippen LogP contribution in [0.2, 0.25) is 0 Å². The van der Waals surface area contributed by atoms with E-state index in [4.69, 9.17) is 4.42 Å². The Bertz CT molecular complexity index is 1370. The molecule has 0 aliphatic rings. The summed E-state index contributed by atoms with van der Waals surface area (Å²) in [4.78, 5) is 17.1. The molecule has 29 heavy (non-hydrogen) atoms. The Morgan fingerprint density at radius 2 is 1.55 bits per heavy atom. The van der Waals surface area contributed by atoms with Crippen LogP contribution in [0.3, 0.4) is 0 Å². The van der Waals surface area contributed by atoms with Gasteiger partial charge in [-0.25, -0.2) is 9.78 Å². The fraction of sp³-hybridized carbons (Fsp3) is 0. The Kier molecular flexibility index (Phi) is 4.22. The summed E-state index contributed by atoms with van der Waals surface area (Å²) < 4.78 is 5.36. The van der Waals surface area contributed by atoms with Gasteiger partial charge in [0.15, 0.2) is 0 Å². The molecule has 0 amide bonds. The van der Waals surface area contributed by atoms with Crippen molar-refractivity contribution in [3.05, 3.63) is 94.7 Å². The van der Waals surface area contributed by atoms with Gasteiger partial charge in [-0.2, -0.15) is 0 Å². The van der Waals surface area contributed by atoms with E-state index >= 15 is 0 Å². The molecule has 5 heteroatoms.